The fourth-order valence-corrected chi connectivity index (χ4v) is 5.39. The SMILES string of the molecule is COc1cc([C@@H]2CC(=O)C3=C(C2)Nc2ccccc2N[C@@H]3c2ccc(C(C)C)cc2)cc(OC)c1OC. The summed E-state index contributed by atoms with van der Waals surface area (Å²) in [7, 11) is 4.81. The molecule has 0 unspecified atom stereocenters. The minimum Gasteiger partial charge on any atom is -0.493 e. The van der Waals surface area contributed by atoms with Gasteiger partial charge in [-0.05, 0) is 59.2 Å². The summed E-state index contributed by atoms with van der Waals surface area (Å²) >= 11 is 0. The van der Waals surface area contributed by atoms with Crippen LogP contribution in [0.3, 0.4) is 0 Å². The highest BCUT2D eigenvalue weighted by atomic mass is 16.5. The van der Waals surface area contributed by atoms with Crippen LogP contribution in [0, 0.1) is 0 Å². The first-order valence-corrected chi connectivity index (χ1v) is 12.7. The maximum atomic E-state index is 13.9. The molecule has 2 aliphatic rings. The smallest absolute Gasteiger partial charge is 0.203 e. The fraction of sp³-hybridized carbons (Fsp3) is 0.323. The van der Waals surface area contributed by atoms with Crippen molar-refractivity contribution in [1.29, 1.82) is 0 Å². The maximum Gasteiger partial charge on any atom is 0.203 e. The Morgan fingerprint density at radius 3 is 2.05 bits per heavy atom. The molecule has 37 heavy (non-hydrogen) atoms. The Morgan fingerprint density at radius 2 is 1.46 bits per heavy atom. The Labute approximate surface area is 218 Å². The Kier molecular flexibility index (Phi) is 6.83. The number of anilines is 2. The summed E-state index contributed by atoms with van der Waals surface area (Å²) in [4.78, 5) is 13.9. The third-order valence-electron chi connectivity index (χ3n) is 7.40. The third kappa shape index (κ3) is 4.64. The van der Waals surface area contributed by atoms with Crippen LogP contribution in [0.1, 0.15) is 61.3 Å². The molecule has 1 heterocycles. The van der Waals surface area contributed by atoms with E-state index in [-0.39, 0.29) is 17.7 Å². The number of carbonyl (C=O) groups excluding carboxylic acids is 1. The number of allylic oxidation sites excluding steroid dienone is 1. The number of hydrogen-bond donors (Lipinski definition) is 2. The maximum absolute atomic E-state index is 13.9. The summed E-state index contributed by atoms with van der Waals surface area (Å²) in [5.41, 5.74) is 7.04. The van der Waals surface area contributed by atoms with Crippen molar-refractivity contribution in [1.82, 2.24) is 0 Å². The largest absolute Gasteiger partial charge is 0.493 e. The van der Waals surface area contributed by atoms with Gasteiger partial charge in [-0.15, -0.1) is 0 Å². The minimum absolute atomic E-state index is 0.0262. The second-order valence-electron chi connectivity index (χ2n) is 9.95. The van der Waals surface area contributed by atoms with Crippen LogP contribution in [0.2, 0.25) is 0 Å². The van der Waals surface area contributed by atoms with Crippen molar-refractivity contribution >= 4 is 17.2 Å². The molecule has 5 rings (SSSR count). The molecule has 0 spiro atoms. The standard InChI is InChI=1S/C31H34N2O4/c1-18(2)19-10-12-20(13-11-19)30-29-25(32-23-8-6-7-9-24(23)33-30)14-21(15-26(29)34)22-16-27(35-3)31(37-5)28(17-22)36-4/h6-13,16-18,21,30,32-33H,14-15H2,1-5H3/t21-,30+/m0/s1. The molecule has 0 saturated heterocycles. The molecule has 6 nitrogen and oxygen atoms in total. The molecule has 1 aliphatic heterocycles. The Hall–Kier alpha value is -3.93. The van der Waals surface area contributed by atoms with Crippen molar-refractivity contribution in [3.05, 3.63) is 88.6 Å². The summed E-state index contributed by atoms with van der Waals surface area (Å²) in [5.74, 6) is 2.28. The number of hydrogen-bond acceptors (Lipinski definition) is 6. The quantitative estimate of drug-likeness (QED) is 0.389. The number of nitrogens with one attached hydrogen (secondary N) is 2. The van der Waals surface area contributed by atoms with E-state index in [4.69, 9.17) is 14.2 Å². The number of ketones is 1. The monoisotopic (exact) mass is 498 g/mol. The molecule has 2 N–H and O–H groups in total. The van der Waals surface area contributed by atoms with Gasteiger partial charge in [0.15, 0.2) is 17.3 Å². The van der Waals surface area contributed by atoms with Crippen molar-refractivity contribution in [2.45, 2.75) is 44.6 Å². The Bertz CT molecular complexity index is 1320. The van der Waals surface area contributed by atoms with E-state index in [0.717, 1.165) is 33.8 Å². The number of ether oxygens (including phenoxy) is 3. The predicted molar refractivity (Wildman–Crippen MR) is 147 cm³/mol. The van der Waals surface area contributed by atoms with E-state index in [1.807, 2.05) is 30.3 Å². The van der Waals surface area contributed by atoms with Gasteiger partial charge in [0.1, 0.15) is 0 Å². The lowest BCUT2D eigenvalue weighted by molar-refractivity contribution is -0.116. The van der Waals surface area contributed by atoms with Crippen molar-refractivity contribution in [2.75, 3.05) is 32.0 Å². The molecule has 0 fully saturated rings. The zero-order valence-corrected chi connectivity index (χ0v) is 22.1. The number of fused-ring (bicyclic) bond motifs is 1. The van der Waals surface area contributed by atoms with Crippen LogP contribution in [-0.2, 0) is 4.79 Å². The van der Waals surface area contributed by atoms with Crippen LogP contribution in [0.4, 0.5) is 11.4 Å². The van der Waals surface area contributed by atoms with Crippen LogP contribution in [0.15, 0.2) is 71.9 Å². The molecule has 2 atom stereocenters. The van der Waals surface area contributed by atoms with Crippen LogP contribution in [0.5, 0.6) is 17.2 Å². The lowest BCUT2D eigenvalue weighted by atomic mass is 9.78. The summed E-state index contributed by atoms with van der Waals surface area (Å²) in [5, 5.41) is 7.27. The normalized spacial score (nSPS) is 18.8. The lowest BCUT2D eigenvalue weighted by Gasteiger charge is -2.30. The van der Waals surface area contributed by atoms with Crippen LogP contribution in [-0.4, -0.2) is 27.1 Å². The van der Waals surface area contributed by atoms with Gasteiger partial charge in [-0.1, -0.05) is 50.2 Å². The van der Waals surface area contributed by atoms with Crippen LogP contribution in [0.25, 0.3) is 0 Å². The zero-order valence-electron chi connectivity index (χ0n) is 22.1. The average molecular weight is 499 g/mol. The fourth-order valence-electron chi connectivity index (χ4n) is 5.39. The summed E-state index contributed by atoms with van der Waals surface area (Å²) in [6.45, 7) is 4.38. The van der Waals surface area contributed by atoms with Crippen molar-refractivity contribution < 1.29 is 19.0 Å². The molecular weight excluding hydrogens is 464 g/mol. The number of methoxy groups -OCH3 is 3. The van der Waals surface area contributed by atoms with E-state index in [1.165, 1.54) is 5.56 Å². The highest BCUT2D eigenvalue weighted by Gasteiger charge is 2.36. The number of rotatable bonds is 6. The molecule has 0 bridgehead atoms. The van der Waals surface area contributed by atoms with E-state index in [9.17, 15) is 4.79 Å². The molecule has 192 valence electrons. The molecular formula is C31H34N2O4. The first-order valence-electron chi connectivity index (χ1n) is 12.7. The number of carbonyl (C=O) groups is 1. The van der Waals surface area contributed by atoms with Gasteiger partial charge >= 0.3 is 0 Å². The highest BCUT2D eigenvalue weighted by molar-refractivity contribution is 6.01. The number of Topliss-reactive ketones (excluding diaryl/α,β-unsaturated/α-hetero) is 1. The number of para-hydroxylation sites is 2. The summed E-state index contributed by atoms with van der Waals surface area (Å²) in [6.07, 6.45) is 1.09. The number of benzene rings is 3. The van der Waals surface area contributed by atoms with Gasteiger partial charge in [0, 0.05) is 17.7 Å². The van der Waals surface area contributed by atoms with Gasteiger partial charge in [0.25, 0.3) is 0 Å². The molecule has 0 radical (unpaired) electrons. The van der Waals surface area contributed by atoms with Gasteiger partial charge in [-0.25, -0.2) is 0 Å². The summed E-state index contributed by atoms with van der Waals surface area (Å²) < 4.78 is 16.7. The first kappa shape index (κ1) is 24.8. The Morgan fingerprint density at radius 1 is 0.811 bits per heavy atom. The van der Waals surface area contributed by atoms with E-state index in [2.05, 4.69) is 54.8 Å². The van der Waals surface area contributed by atoms with Gasteiger partial charge in [0.2, 0.25) is 5.75 Å². The van der Waals surface area contributed by atoms with Crippen molar-refractivity contribution in [2.24, 2.45) is 0 Å². The second kappa shape index (κ2) is 10.2. The van der Waals surface area contributed by atoms with Gasteiger partial charge in [-0.3, -0.25) is 4.79 Å². The Balaban J connectivity index is 1.58. The molecule has 1 aliphatic carbocycles. The van der Waals surface area contributed by atoms with E-state index < -0.39 is 0 Å². The van der Waals surface area contributed by atoms with E-state index in [0.29, 0.717) is 36.0 Å². The van der Waals surface area contributed by atoms with Gasteiger partial charge in [0.05, 0.1) is 38.7 Å². The highest BCUT2D eigenvalue weighted by Crippen LogP contribution is 2.47. The van der Waals surface area contributed by atoms with Gasteiger partial charge < -0.3 is 24.8 Å². The zero-order chi connectivity index (χ0) is 26.1. The average Bonchev–Trinajstić information content (AvgIpc) is 3.09. The van der Waals surface area contributed by atoms with E-state index >= 15 is 0 Å². The molecule has 3 aromatic carbocycles. The van der Waals surface area contributed by atoms with E-state index in [1.54, 1.807) is 21.3 Å². The van der Waals surface area contributed by atoms with Gasteiger partial charge in [-0.2, -0.15) is 0 Å². The van der Waals surface area contributed by atoms with Crippen LogP contribution < -0.4 is 24.8 Å². The lowest BCUT2D eigenvalue weighted by Crippen LogP contribution is -2.27. The summed E-state index contributed by atoms with van der Waals surface area (Å²) in [6, 6.07) is 20.4. The third-order valence-corrected chi connectivity index (χ3v) is 7.40. The topological polar surface area (TPSA) is 68.8 Å². The second-order valence-corrected chi connectivity index (χ2v) is 9.95. The first-order chi connectivity index (χ1) is 17.9. The molecule has 6 heteroatoms. The molecule has 0 amide bonds. The minimum atomic E-state index is -0.235. The molecule has 3 aromatic rings. The predicted octanol–water partition coefficient (Wildman–Crippen LogP) is 6.82. The molecule has 0 saturated carbocycles. The van der Waals surface area contributed by atoms with Crippen molar-refractivity contribution in [3.8, 4) is 17.2 Å². The molecule has 0 aromatic heterocycles. The van der Waals surface area contributed by atoms with Crippen molar-refractivity contribution in [3.63, 3.8) is 0 Å². The van der Waals surface area contributed by atoms with Crippen LogP contribution >= 0.6 is 0 Å².